The van der Waals surface area contributed by atoms with E-state index >= 15 is 0 Å². The molecule has 17 heavy (non-hydrogen) atoms. The van der Waals surface area contributed by atoms with Gasteiger partial charge in [-0.15, -0.1) is 0 Å². The molecule has 1 aliphatic heterocycles. The van der Waals surface area contributed by atoms with Gasteiger partial charge < -0.3 is 10.0 Å². The van der Waals surface area contributed by atoms with E-state index in [2.05, 4.69) is 36.9 Å². The van der Waals surface area contributed by atoms with Crippen molar-refractivity contribution in [3.8, 4) is 0 Å². The van der Waals surface area contributed by atoms with E-state index in [0.29, 0.717) is 12.5 Å². The van der Waals surface area contributed by atoms with Gasteiger partial charge in [0.25, 0.3) is 0 Å². The van der Waals surface area contributed by atoms with Crippen LogP contribution in [0.4, 0.5) is 5.69 Å². The topological polar surface area (TPSA) is 23.5 Å². The minimum Gasteiger partial charge on any atom is -0.390 e. The van der Waals surface area contributed by atoms with E-state index in [9.17, 15) is 5.11 Å². The molecule has 1 heterocycles. The van der Waals surface area contributed by atoms with Gasteiger partial charge in [-0.3, -0.25) is 0 Å². The van der Waals surface area contributed by atoms with E-state index in [1.165, 1.54) is 16.8 Å². The van der Waals surface area contributed by atoms with E-state index < -0.39 is 5.60 Å². The van der Waals surface area contributed by atoms with Crippen LogP contribution in [0.5, 0.6) is 0 Å². The third kappa shape index (κ3) is 2.81. The van der Waals surface area contributed by atoms with Gasteiger partial charge in [0.15, 0.2) is 0 Å². The van der Waals surface area contributed by atoms with Crippen LogP contribution in [-0.4, -0.2) is 23.3 Å². The molecule has 94 valence electrons. The molecule has 0 bridgehead atoms. The second kappa shape index (κ2) is 4.34. The Morgan fingerprint density at radius 3 is 2.65 bits per heavy atom. The largest absolute Gasteiger partial charge is 0.390 e. The van der Waals surface area contributed by atoms with Gasteiger partial charge in [-0.2, -0.15) is 0 Å². The third-order valence-electron chi connectivity index (χ3n) is 3.34. The van der Waals surface area contributed by atoms with E-state index in [-0.39, 0.29) is 0 Å². The predicted molar refractivity (Wildman–Crippen MR) is 72.6 cm³/mol. The summed E-state index contributed by atoms with van der Waals surface area (Å²) < 4.78 is 0. The molecule has 0 unspecified atom stereocenters. The van der Waals surface area contributed by atoms with Crippen molar-refractivity contribution in [2.75, 3.05) is 11.4 Å². The van der Waals surface area contributed by atoms with Crippen LogP contribution >= 0.6 is 0 Å². The quantitative estimate of drug-likeness (QED) is 0.867. The zero-order chi connectivity index (χ0) is 12.6. The van der Waals surface area contributed by atoms with Crippen LogP contribution < -0.4 is 4.90 Å². The normalized spacial score (nSPS) is 15.5. The van der Waals surface area contributed by atoms with Crippen LogP contribution in [0.2, 0.25) is 0 Å². The van der Waals surface area contributed by atoms with Crippen LogP contribution in [-0.2, 0) is 12.8 Å². The summed E-state index contributed by atoms with van der Waals surface area (Å²) in [5.41, 5.74) is 3.40. The molecule has 1 aromatic carbocycles. The molecular formula is C15H23NO. The monoisotopic (exact) mass is 233 g/mol. The van der Waals surface area contributed by atoms with Gasteiger partial charge in [-0.25, -0.2) is 0 Å². The van der Waals surface area contributed by atoms with E-state index in [1.807, 2.05) is 13.8 Å². The zero-order valence-corrected chi connectivity index (χ0v) is 11.3. The van der Waals surface area contributed by atoms with Gasteiger partial charge in [0.2, 0.25) is 0 Å². The summed E-state index contributed by atoms with van der Waals surface area (Å²) in [5.74, 6) is 0. The van der Waals surface area contributed by atoms with Gasteiger partial charge in [0.1, 0.15) is 0 Å². The number of aliphatic hydroxyl groups is 1. The highest BCUT2D eigenvalue weighted by atomic mass is 16.3. The number of hydrogen-bond acceptors (Lipinski definition) is 2. The van der Waals surface area contributed by atoms with Crippen LogP contribution in [0.15, 0.2) is 18.2 Å². The fourth-order valence-corrected chi connectivity index (χ4v) is 2.60. The summed E-state index contributed by atoms with van der Waals surface area (Å²) in [7, 11) is 0. The lowest BCUT2D eigenvalue weighted by Gasteiger charge is -2.25. The van der Waals surface area contributed by atoms with Crippen molar-refractivity contribution < 1.29 is 5.11 Å². The number of benzene rings is 1. The van der Waals surface area contributed by atoms with Crippen molar-refractivity contribution >= 4 is 5.69 Å². The number of anilines is 1. The summed E-state index contributed by atoms with van der Waals surface area (Å²) in [6, 6.07) is 7.17. The molecule has 0 saturated heterocycles. The lowest BCUT2D eigenvalue weighted by atomic mass is 9.97. The number of hydrogen-bond donors (Lipinski definition) is 1. The summed E-state index contributed by atoms with van der Waals surface area (Å²) >= 11 is 0. The molecule has 0 spiro atoms. The Hall–Kier alpha value is -1.02. The summed E-state index contributed by atoms with van der Waals surface area (Å²) in [5, 5.41) is 9.88. The second-order valence-corrected chi connectivity index (χ2v) is 5.99. The smallest absolute Gasteiger partial charge is 0.0631 e. The van der Waals surface area contributed by atoms with Crippen molar-refractivity contribution in [2.24, 2.45) is 0 Å². The van der Waals surface area contributed by atoms with E-state index in [1.54, 1.807) is 0 Å². The second-order valence-electron chi connectivity index (χ2n) is 5.99. The first-order valence-corrected chi connectivity index (χ1v) is 6.48. The summed E-state index contributed by atoms with van der Waals surface area (Å²) in [6.07, 6.45) is 1.86. The Morgan fingerprint density at radius 1 is 1.35 bits per heavy atom. The highest BCUT2D eigenvalue weighted by molar-refractivity contribution is 5.60. The van der Waals surface area contributed by atoms with Crippen molar-refractivity contribution in [1.82, 2.24) is 0 Å². The minimum atomic E-state index is -0.629. The maximum atomic E-state index is 9.88. The molecule has 1 aliphatic rings. The van der Waals surface area contributed by atoms with Crippen LogP contribution in [0, 0.1) is 0 Å². The average Bonchev–Trinajstić information content (AvgIpc) is 2.57. The van der Waals surface area contributed by atoms with Gasteiger partial charge >= 0.3 is 0 Å². The van der Waals surface area contributed by atoms with Crippen LogP contribution in [0.3, 0.4) is 0 Å². The molecule has 0 atom stereocenters. The van der Waals surface area contributed by atoms with Gasteiger partial charge in [0, 0.05) is 24.7 Å². The lowest BCUT2D eigenvalue weighted by molar-refractivity contribution is 0.0810. The SMILES string of the molecule is CC(C)N1CCc2ccc(CC(C)(C)O)cc21. The molecule has 2 heteroatoms. The fourth-order valence-electron chi connectivity index (χ4n) is 2.60. The van der Waals surface area contributed by atoms with Gasteiger partial charge in [-0.05, 0) is 51.3 Å². The molecule has 0 aliphatic carbocycles. The lowest BCUT2D eigenvalue weighted by Crippen LogP contribution is -2.28. The fraction of sp³-hybridized carbons (Fsp3) is 0.600. The standard InChI is InChI=1S/C15H23NO/c1-11(2)16-8-7-13-6-5-12(9-14(13)16)10-15(3,4)17/h5-6,9,11,17H,7-8,10H2,1-4H3. The van der Waals surface area contributed by atoms with Crippen LogP contribution in [0.1, 0.15) is 38.8 Å². The third-order valence-corrected chi connectivity index (χ3v) is 3.34. The molecule has 2 nitrogen and oxygen atoms in total. The Labute approximate surface area is 104 Å². The molecule has 0 radical (unpaired) electrons. The molecule has 0 fully saturated rings. The number of nitrogens with zero attached hydrogens (tertiary/aromatic N) is 1. The van der Waals surface area contributed by atoms with Crippen molar-refractivity contribution in [2.45, 2.75) is 52.2 Å². The molecule has 1 aromatic rings. The first-order chi connectivity index (χ1) is 7.87. The Morgan fingerprint density at radius 2 is 2.06 bits per heavy atom. The Bertz CT molecular complexity index is 404. The first-order valence-electron chi connectivity index (χ1n) is 6.48. The van der Waals surface area contributed by atoms with E-state index in [4.69, 9.17) is 0 Å². The molecule has 1 N–H and O–H groups in total. The van der Waals surface area contributed by atoms with Crippen molar-refractivity contribution in [3.05, 3.63) is 29.3 Å². The highest BCUT2D eigenvalue weighted by Gasteiger charge is 2.22. The molecule has 0 saturated carbocycles. The van der Waals surface area contributed by atoms with Gasteiger partial charge in [0.05, 0.1) is 5.60 Å². The molecular weight excluding hydrogens is 210 g/mol. The van der Waals surface area contributed by atoms with Crippen LogP contribution in [0.25, 0.3) is 0 Å². The van der Waals surface area contributed by atoms with Crippen molar-refractivity contribution in [1.29, 1.82) is 0 Å². The van der Waals surface area contributed by atoms with E-state index in [0.717, 1.165) is 13.0 Å². The number of fused-ring (bicyclic) bond motifs is 1. The highest BCUT2D eigenvalue weighted by Crippen LogP contribution is 2.31. The molecule has 0 amide bonds. The molecule has 2 rings (SSSR count). The minimum absolute atomic E-state index is 0.550. The van der Waals surface area contributed by atoms with Gasteiger partial charge in [-0.1, -0.05) is 12.1 Å². The Balaban J connectivity index is 2.27. The Kier molecular flexibility index (Phi) is 3.17. The maximum Gasteiger partial charge on any atom is 0.0631 e. The maximum absolute atomic E-state index is 9.88. The molecule has 0 aromatic heterocycles. The average molecular weight is 233 g/mol. The van der Waals surface area contributed by atoms with Crippen molar-refractivity contribution in [3.63, 3.8) is 0 Å². The predicted octanol–water partition coefficient (Wildman–Crippen LogP) is 2.77. The zero-order valence-electron chi connectivity index (χ0n) is 11.3. The summed E-state index contributed by atoms with van der Waals surface area (Å²) in [4.78, 5) is 2.45. The first kappa shape index (κ1) is 12.4. The number of rotatable bonds is 3. The summed E-state index contributed by atoms with van der Waals surface area (Å²) in [6.45, 7) is 9.31.